The lowest BCUT2D eigenvalue weighted by atomic mass is 10.1. The molecule has 1 fully saturated rings. The first-order valence-electron chi connectivity index (χ1n) is 3.71. The van der Waals surface area contributed by atoms with Crippen LogP contribution >= 0.6 is 12.4 Å². The van der Waals surface area contributed by atoms with Crippen molar-refractivity contribution >= 4 is 12.4 Å². The third-order valence-corrected chi connectivity index (χ3v) is 1.71. The van der Waals surface area contributed by atoms with E-state index in [-0.39, 0.29) is 12.4 Å². The van der Waals surface area contributed by atoms with Gasteiger partial charge < -0.3 is 5.32 Å². The van der Waals surface area contributed by atoms with E-state index in [0.717, 1.165) is 0 Å². The summed E-state index contributed by atoms with van der Waals surface area (Å²) in [6, 6.07) is 0. The molecule has 0 saturated carbocycles. The van der Waals surface area contributed by atoms with Crippen LogP contribution in [0.1, 0.15) is 32.1 Å². The highest BCUT2D eigenvalue weighted by Crippen LogP contribution is 2.03. The van der Waals surface area contributed by atoms with Gasteiger partial charge in [-0.15, -0.1) is 12.4 Å². The Morgan fingerprint density at radius 1 is 0.667 bits per heavy atom. The molecule has 1 aliphatic rings. The number of nitrogens with one attached hydrogen (secondary N) is 1. The molecule has 0 aromatic heterocycles. The molecule has 1 nitrogen and oxygen atoms in total. The molecule has 2 heteroatoms. The van der Waals surface area contributed by atoms with E-state index < -0.39 is 0 Å². The number of rotatable bonds is 0. The zero-order valence-electron chi connectivity index (χ0n) is 5.86. The molecule has 0 amide bonds. The Morgan fingerprint density at radius 3 is 1.67 bits per heavy atom. The van der Waals surface area contributed by atoms with Gasteiger partial charge in [-0.1, -0.05) is 19.3 Å². The first-order valence-corrected chi connectivity index (χ1v) is 3.71. The van der Waals surface area contributed by atoms with Gasteiger partial charge in [0.15, 0.2) is 0 Å². The zero-order valence-corrected chi connectivity index (χ0v) is 6.67. The third kappa shape index (κ3) is 4.73. The predicted octanol–water partition coefficient (Wildman–Crippen LogP) is 1.96. The summed E-state index contributed by atoms with van der Waals surface area (Å²) in [5.41, 5.74) is 0. The van der Waals surface area contributed by atoms with Crippen LogP contribution in [-0.4, -0.2) is 13.1 Å². The smallest absolute Gasteiger partial charge is 0.00489 e. The minimum atomic E-state index is 0. The van der Waals surface area contributed by atoms with E-state index in [9.17, 15) is 0 Å². The number of hydrogen-bond acceptors (Lipinski definition) is 1. The molecule has 56 valence electrons. The van der Waals surface area contributed by atoms with Crippen molar-refractivity contribution in [3.05, 3.63) is 0 Å². The van der Waals surface area contributed by atoms with E-state index in [1.807, 2.05) is 0 Å². The van der Waals surface area contributed by atoms with E-state index in [2.05, 4.69) is 5.32 Å². The normalized spacial score (nSPS) is 21.3. The molecule has 0 unspecified atom stereocenters. The molecule has 0 radical (unpaired) electrons. The Morgan fingerprint density at radius 2 is 1.11 bits per heavy atom. The second-order valence-electron chi connectivity index (χ2n) is 2.52. The highest BCUT2D eigenvalue weighted by molar-refractivity contribution is 5.85. The van der Waals surface area contributed by atoms with Crippen LogP contribution in [0.2, 0.25) is 0 Å². The fourth-order valence-electron chi connectivity index (χ4n) is 1.16. The average Bonchev–Trinajstić information content (AvgIpc) is 1.62. The summed E-state index contributed by atoms with van der Waals surface area (Å²) >= 11 is 0. The highest BCUT2D eigenvalue weighted by Gasteiger charge is 1.94. The summed E-state index contributed by atoms with van der Waals surface area (Å²) in [5.74, 6) is 0. The molecule has 0 aliphatic carbocycles. The maximum Gasteiger partial charge on any atom is -0.00489 e. The van der Waals surface area contributed by atoms with Gasteiger partial charge in [-0.05, 0) is 25.9 Å². The maximum atomic E-state index is 3.39. The monoisotopic (exact) mass is 149 g/mol. The Bertz CT molecular complexity index is 32.9. The van der Waals surface area contributed by atoms with E-state index in [1.165, 1.54) is 45.2 Å². The Hall–Kier alpha value is 0.250. The summed E-state index contributed by atoms with van der Waals surface area (Å²) in [7, 11) is 0. The summed E-state index contributed by atoms with van der Waals surface area (Å²) in [6.07, 6.45) is 7.11. The van der Waals surface area contributed by atoms with Gasteiger partial charge in [0.1, 0.15) is 0 Å². The predicted molar refractivity (Wildman–Crippen MR) is 43.2 cm³/mol. The third-order valence-electron chi connectivity index (χ3n) is 1.71. The molecule has 1 aliphatic heterocycles. The standard InChI is InChI=1S/C7H15N.ClH/c1-2-4-6-8-7-5-3-1;/h8H,1-7H2;1H. The fraction of sp³-hybridized carbons (Fsp3) is 1.00. The van der Waals surface area contributed by atoms with Gasteiger partial charge in [0, 0.05) is 0 Å². The number of hydrogen-bond donors (Lipinski definition) is 1. The lowest BCUT2D eigenvalue weighted by Crippen LogP contribution is -2.18. The lowest BCUT2D eigenvalue weighted by Gasteiger charge is -2.08. The minimum Gasteiger partial charge on any atom is -0.317 e. The molecule has 0 aromatic carbocycles. The lowest BCUT2D eigenvalue weighted by molar-refractivity contribution is 0.516. The van der Waals surface area contributed by atoms with Gasteiger partial charge in [0.2, 0.25) is 0 Å². The molecule has 1 N–H and O–H groups in total. The Balaban J connectivity index is 0.000000640. The maximum absolute atomic E-state index is 3.39. The first-order chi connectivity index (χ1) is 4.00. The molecule has 0 spiro atoms. The molecular formula is C7H16ClN. The van der Waals surface area contributed by atoms with Gasteiger partial charge in [-0.2, -0.15) is 0 Å². The zero-order chi connectivity index (χ0) is 5.66. The van der Waals surface area contributed by atoms with Crippen molar-refractivity contribution in [1.82, 2.24) is 5.32 Å². The van der Waals surface area contributed by atoms with Crippen LogP contribution in [0.25, 0.3) is 0 Å². The molecule has 1 rings (SSSR count). The molecule has 1 heterocycles. The van der Waals surface area contributed by atoms with Crippen LogP contribution in [-0.2, 0) is 0 Å². The topological polar surface area (TPSA) is 12.0 Å². The van der Waals surface area contributed by atoms with Crippen molar-refractivity contribution in [2.75, 3.05) is 13.1 Å². The molecule has 9 heavy (non-hydrogen) atoms. The van der Waals surface area contributed by atoms with Gasteiger partial charge in [0.25, 0.3) is 0 Å². The van der Waals surface area contributed by atoms with Crippen LogP contribution in [0.15, 0.2) is 0 Å². The minimum absolute atomic E-state index is 0. The Kier molecular flexibility index (Phi) is 6.55. The summed E-state index contributed by atoms with van der Waals surface area (Å²) in [5, 5.41) is 3.39. The van der Waals surface area contributed by atoms with Gasteiger partial charge in [-0.3, -0.25) is 0 Å². The number of halogens is 1. The SMILES string of the molecule is C1CCCNCCC1.Cl. The van der Waals surface area contributed by atoms with Crippen molar-refractivity contribution in [2.24, 2.45) is 0 Å². The largest absolute Gasteiger partial charge is 0.317 e. The molecule has 0 bridgehead atoms. The van der Waals surface area contributed by atoms with Crippen LogP contribution < -0.4 is 5.32 Å². The van der Waals surface area contributed by atoms with Crippen LogP contribution in [0.5, 0.6) is 0 Å². The van der Waals surface area contributed by atoms with Crippen molar-refractivity contribution in [3.8, 4) is 0 Å². The van der Waals surface area contributed by atoms with E-state index in [1.54, 1.807) is 0 Å². The van der Waals surface area contributed by atoms with E-state index >= 15 is 0 Å². The van der Waals surface area contributed by atoms with Gasteiger partial charge >= 0.3 is 0 Å². The molecule has 0 aromatic rings. The first kappa shape index (κ1) is 9.25. The molecular weight excluding hydrogens is 134 g/mol. The average molecular weight is 150 g/mol. The van der Waals surface area contributed by atoms with Crippen molar-refractivity contribution in [2.45, 2.75) is 32.1 Å². The summed E-state index contributed by atoms with van der Waals surface area (Å²) < 4.78 is 0. The van der Waals surface area contributed by atoms with Crippen molar-refractivity contribution in [3.63, 3.8) is 0 Å². The van der Waals surface area contributed by atoms with Gasteiger partial charge in [0.05, 0.1) is 0 Å². The van der Waals surface area contributed by atoms with Gasteiger partial charge in [-0.25, -0.2) is 0 Å². The Labute approximate surface area is 63.6 Å². The molecule has 1 saturated heterocycles. The second kappa shape index (κ2) is 6.37. The van der Waals surface area contributed by atoms with Crippen LogP contribution in [0, 0.1) is 0 Å². The highest BCUT2D eigenvalue weighted by atomic mass is 35.5. The summed E-state index contributed by atoms with van der Waals surface area (Å²) in [4.78, 5) is 0. The van der Waals surface area contributed by atoms with E-state index in [4.69, 9.17) is 0 Å². The van der Waals surface area contributed by atoms with Crippen molar-refractivity contribution < 1.29 is 0 Å². The summed E-state index contributed by atoms with van der Waals surface area (Å²) in [6.45, 7) is 2.50. The van der Waals surface area contributed by atoms with Crippen LogP contribution in [0.3, 0.4) is 0 Å². The second-order valence-corrected chi connectivity index (χ2v) is 2.52. The molecule has 0 atom stereocenters. The van der Waals surface area contributed by atoms with Crippen LogP contribution in [0.4, 0.5) is 0 Å². The fourth-order valence-corrected chi connectivity index (χ4v) is 1.16. The quantitative estimate of drug-likeness (QED) is 0.556. The van der Waals surface area contributed by atoms with Crippen molar-refractivity contribution in [1.29, 1.82) is 0 Å². The van der Waals surface area contributed by atoms with E-state index in [0.29, 0.717) is 0 Å².